The topological polar surface area (TPSA) is 73.1 Å². The molecule has 0 aliphatic rings. The van der Waals surface area contributed by atoms with Crippen LogP contribution in [0.15, 0.2) is 30.3 Å². The van der Waals surface area contributed by atoms with Gasteiger partial charge in [-0.3, -0.25) is 0 Å². The average molecular weight is 248 g/mol. The molecule has 0 atom stereocenters. The summed E-state index contributed by atoms with van der Waals surface area (Å²) in [6.45, 7) is 1.91. The van der Waals surface area contributed by atoms with Gasteiger partial charge in [0.05, 0.1) is 0 Å². The Morgan fingerprint density at radius 1 is 1.33 bits per heavy atom. The molecular weight excluding hydrogens is 235 g/mol. The molecule has 6 heteroatoms. The highest BCUT2D eigenvalue weighted by molar-refractivity contribution is 5.39. The zero-order valence-corrected chi connectivity index (χ0v) is 9.85. The average Bonchev–Trinajstić information content (AvgIpc) is 2.41. The summed E-state index contributed by atoms with van der Waals surface area (Å²) < 4.78 is 18.8. The lowest BCUT2D eigenvalue weighted by Crippen LogP contribution is -2.10. The number of nitrogens with one attached hydrogen (secondary N) is 1. The zero-order valence-electron chi connectivity index (χ0n) is 9.85. The number of aryl methyl sites for hydroxylation is 1. The molecule has 0 aliphatic carbocycles. The largest absolute Gasteiger partial charge is 0.436 e. The fraction of sp³-hybridized carbons (Fsp3) is 0.167. The van der Waals surface area contributed by atoms with Crippen molar-refractivity contribution in [2.24, 2.45) is 5.84 Å². The number of benzene rings is 1. The van der Waals surface area contributed by atoms with Gasteiger partial charge in [-0.25, -0.2) is 15.2 Å². The number of nitrogens with zero attached hydrogens (tertiary/aromatic N) is 2. The predicted molar refractivity (Wildman–Crippen MR) is 65.7 cm³/mol. The molecule has 0 radical (unpaired) electrons. The Morgan fingerprint density at radius 3 is 2.78 bits per heavy atom. The van der Waals surface area contributed by atoms with Gasteiger partial charge in [-0.05, 0) is 12.1 Å². The maximum atomic E-state index is 13.4. The number of hydrogen-bond donors (Lipinski definition) is 2. The van der Waals surface area contributed by atoms with Gasteiger partial charge in [0.25, 0.3) is 0 Å². The molecule has 1 aromatic carbocycles. The van der Waals surface area contributed by atoms with E-state index in [1.54, 1.807) is 12.1 Å². The number of halogens is 1. The van der Waals surface area contributed by atoms with Crippen molar-refractivity contribution in [1.82, 2.24) is 9.97 Å². The van der Waals surface area contributed by atoms with E-state index in [0.29, 0.717) is 18.1 Å². The van der Waals surface area contributed by atoms with E-state index >= 15 is 0 Å². The maximum absolute atomic E-state index is 13.4. The van der Waals surface area contributed by atoms with Crippen molar-refractivity contribution in [3.8, 4) is 11.6 Å². The van der Waals surface area contributed by atoms with Crippen LogP contribution in [0.3, 0.4) is 0 Å². The van der Waals surface area contributed by atoms with Gasteiger partial charge >= 0.3 is 0 Å². The van der Waals surface area contributed by atoms with Crippen molar-refractivity contribution in [1.29, 1.82) is 0 Å². The summed E-state index contributed by atoms with van der Waals surface area (Å²) >= 11 is 0. The molecule has 5 nitrogen and oxygen atoms in total. The lowest BCUT2D eigenvalue weighted by Gasteiger charge is -2.08. The van der Waals surface area contributed by atoms with Crippen molar-refractivity contribution in [2.75, 3.05) is 5.43 Å². The van der Waals surface area contributed by atoms with E-state index in [1.807, 2.05) is 6.92 Å². The molecule has 18 heavy (non-hydrogen) atoms. The molecule has 0 unspecified atom stereocenters. The second kappa shape index (κ2) is 5.42. The molecule has 2 aromatic rings. The summed E-state index contributed by atoms with van der Waals surface area (Å²) in [4.78, 5) is 8.25. The third-order valence-electron chi connectivity index (χ3n) is 2.26. The summed E-state index contributed by atoms with van der Waals surface area (Å²) in [5, 5.41) is 0. The smallest absolute Gasteiger partial charge is 0.224 e. The summed E-state index contributed by atoms with van der Waals surface area (Å²) in [6.07, 6.45) is 0.628. The first kappa shape index (κ1) is 12.3. The fourth-order valence-corrected chi connectivity index (χ4v) is 1.40. The van der Waals surface area contributed by atoms with Crippen LogP contribution in [0.1, 0.15) is 12.7 Å². The van der Waals surface area contributed by atoms with Crippen molar-refractivity contribution in [3.05, 3.63) is 42.0 Å². The maximum Gasteiger partial charge on any atom is 0.224 e. The first-order chi connectivity index (χ1) is 8.72. The molecule has 0 saturated heterocycles. The minimum Gasteiger partial charge on any atom is -0.436 e. The molecule has 0 spiro atoms. The second-order valence-electron chi connectivity index (χ2n) is 3.54. The molecule has 0 bridgehead atoms. The summed E-state index contributed by atoms with van der Waals surface area (Å²) in [5.41, 5.74) is 2.42. The number of nitrogens with two attached hydrogens (primary N) is 1. The van der Waals surface area contributed by atoms with Gasteiger partial charge in [-0.15, -0.1) is 0 Å². The van der Waals surface area contributed by atoms with Gasteiger partial charge in [0.1, 0.15) is 11.6 Å². The van der Waals surface area contributed by atoms with E-state index in [4.69, 9.17) is 10.6 Å². The highest BCUT2D eigenvalue weighted by Gasteiger charge is 2.07. The van der Waals surface area contributed by atoms with E-state index in [-0.39, 0.29) is 11.6 Å². The van der Waals surface area contributed by atoms with Crippen LogP contribution in [-0.2, 0) is 6.42 Å². The summed E-state index contributed by atoms with van der Waals surface area (Å²) in [6, 6.07) is 7.62. The Kier molecular flexibility index (Phi) is 3.69. The van der Waals surface area contributed by atoms with Crippen molar-refractivity contribution < 1.29 is 9.13 Å². The fourth-order valence-electron chi connectivity index (χ4n) is 1.40. The first-order valence-corrected chi connectivity index (χ1v) is 5.50. The van der Waals surface area contributed by atoms with E-state index in [0.717, 1.165) is 0 Å². The number of hydrogen-bond acceptors (Lipinski definition) is 5. The lowest BCUT2D eigenvalue weighted by molar-refractivity contribution is 0.425. The van der Waals surface area contributed by atoms with E-state index in [9.17, 15) is 4.39 Å². The van der Waals surface area contributed by atoms with Crippen LogP contribution in [0, 0.1) is 5.82 Å². The van der Waals surface area contributed by atoms with Gasteiger partial charge in [-0.1, -0.05) is 19.1 Å². The number of para-hydroxylation sites is 1. The highest BCUT2D eigenvalue weighted by atomic mass is 19.1. The molecule has 94 valence electrons. The van der Waals surface area contributed by atoms with Crippen molar-refractivity contribution in [2.45, 2.75) is 13.3 Å². The highest BCUT2D eigenvalue weighted by Crippen LogP contribution is 2.23. The van der Waals surface area contributed by atoms with Gasteiger partial charge in [0.15, 0.2) is 11.6 Å². The standard InChI is InChI=1S/C12H13FN4O/c1-2-10-15-11(17-14)7-12(16-10)18-9-6-4-3-5-8(9)13/h3-7H,2,14H2,1H3,(H,15,16,17). The van der Waals surface area contributed by atoms with Gasteiger partial charge in [0, 0.05) is 12.5 Å². The minimum absolute atomic E-state index is 0.112. The third kappa shape index (κ3) is 2.72. The number of nitrogen functional groups attached to an aromatic ring is 1. The molecule has 0 aliphatic heterocycles. The molecule has 1 heterocycles. The Morgan fingerprint density at radius 2 is 2.11 bits per heavy atom. The lowest BCUT2D eigenvalue weighted by atomic mass is 10.3. The van der Waals surface area contributed by atoms with E-state index in [1.165, 1.54) is 18.2 Å². The van der Waals surface area contributed by atoms with Crippen LogP contribution >= 0.6 is 0 Å². The summed E-state index contributed by atoms with van der Waals surface area (Å²) in [7, 11) is 0. The molecule has 1 aromatic heterocycles. The number of anilines is 1. The Labute approximate surface area is 104 Å². The Bertz CT molecular complexity index is 525. The molecule has 3 N–H and O–H groups in total. The van der Waals surface area contributed by atoms with Crippen LogP contribution in [0.2, 0.25) is 0 Å². The second-order valence-corrected chi connectivity index (χ2v) is 3.54. The quantitative estimate of drug-likeness (QED) is 0.641. The molecule has 0 amide bonds. The van der Waals surface area contributed by atoms with Crippen LogP contribution < -0.4 is 16.0 Å². The van der Waals surface area contributed by atoms with Gasteiger partial charge < -0.3 is 10.2 Å². The molecule has 0 saturated carbocycles. The van der Waals surface area contributed by atoms with E-state index in [2.05, 4.69) is 15.4 Å². The van der Waals surface area contributed by atoms with Crippen LogP contribution in [0.5, 0.6) is 11.6 Å². The third-order valence-corrected chi connectivity index (χ3v) is 2.26. The normalized spacial score (nSPS) is 10.2. The number of ether oxygens (including phenoxy) is 1. The van der Waals surface area contributed by atoms with Crippen LogP contribution in [0.25, 0.3) is 0 Å². The zero-order chi connectivity index (χ0) is 13.0. The van der Waals surface area contributed by atoms with Crippen LogP contribution in [0.4, 0.5) is 10.2 Å². The number of aromatic nitrogens is 2. The van der Waals surface area contributed by atoms with Crippen molar-refractivity contribution >= 4 is 5.82 Å². The Hall–Kier alpha value is -2.21. The Balaban J connectivity index is 2.31. The SMILES string of the molecule is CCc1nc(NN)cc(Oc2ccccc2F)n1. The van der Waals surface area contributed by atoms with E-state index < -0.39 is 5.82 Å². The van der Waals surface area contributed by atoms with Gasteiger partial charge in [-0.2, -0.15) is 4.98 Å². The molecular formula is C12H13FN4O. The van der Waals surface area contributed by atoms with Crippen molar-refractivity contribution in [3.63, 3.8) is 0 Å². The first-order valence-electron chi connectivity index (χ1n) is 5.50. The number of rotatable bonds is 4. The van der Waals surface area contributed by atoms with Crippen LogP contribution in [-0.4, -0.2) is 9.97 Å². The monoisotopic (exact) mass is 248 g/mol. The molecule has 0 fully saturated rings. The number of hydrazine groups is 1. The predicted octanol–water partition coefficient (Wildman–Crippen LogP) is 2.26. The minimum atomic E-state index is -0.448. The molecule has 2 rings (SSSR count). The van der Waals surface area contributed by atoms with Gasteiger partial charge in [0.2, 0.25) is 5.88 Å². The summed E-state index contributed by atoms with van der Waals surface area (Å²) in [5.74, 6) is 6.20.